The number of carbonyl (C=O) groups is 2. The molecule has 2 aliphatic heterocycles. The van der Waals surface area contributed by atoms with Gasteiger partial charge in [-0.15, -0.1) is 0 Å². The number of ether oxygens (including phenoxy) is 2. The number of fused-ring (bicyclic) bond motifs is 1. The number of thiol groups is 1. The summed E-state index contributed by atoms with van der Waals surface area (Å²) in [5.74, 6) is 0.0581. The molecule has 0 radical (unpaired) electrons. The van der Waals surface area contributed by atoms with E-state index in [9.17, 15) is 22.8 Å². The molecule has 0 aromatic heterocycles. The maximum atomic E-state index is 12.8. The first kappa shape index (κ1) is 32.0. The van der Waals surface area contributed by atoms with E-state index in [1.807, 2.05) is 27.8 Å². The predicted octanol–water partition coefficient (Wildman–Crippen LogP) is 5.27. The Balaban J connectivity index is 0.000000623. The van der Waals surface area contributed by atoms with Gasteiger partial charge < -0.3 is 23.5 Å². The molecule has 2 aliphatic rings. The van der Waals surface area contributed by atoms with E-state index in [1.165, 1.54) is 4.90 Å². The summed E-state index contributed by atoms with van der Waals surface area (Å²) in [6.07, 6.45) is 4.55. The molecule has 1 saturated heterocycles. The van der Waals surface area contributed by atoms with Crippen LogP contribution in [0.2, 0.25) is 0 Å². The Labute approximate surface area is 220 Å². The average Bonchev–Trinajstić information content (AvgIpc) is 2.79. The zero-order chi connectivity index (χ0) is 27.7. The van der Waals surface area contributed by atoms with Crippen molar-refractivity contribution in [2.75, 3.05) is 40.5 Å². The fraction of sp³-hybridized carbons (Fsp3) is 0.583. The van der Waals surface area contributed by atoms with E-state index < -0.39 is 23.2 Å². The highest BCUT2D eigenvalue weighted by atomic mass is 32.2. The van der Waals surface area contributed by atoms with Crippen molar-refractivity contribution in [1.82, 2.24) is 9.80 Å². The third-order valence-corrected chi connectivity index (χ3v) is 5.53. The van der Waals surface area contributed by atoms with Crippen molar-refractivity contribution < 1.29 is 36.4 Å². The van der Waals surface area contributed by atoms with Crippen LogP contribution in [0.25, 0.3) is 5.76 Å². The van der Waals surface area contributed by atoms with E-state index in [1.54, 1.807) is 44.6 Å². The van der Waals surface area contributed by atoms with E-state index in [-0.39, 0.29) is 28.4 Å². The van der Waals surface area contributed by atoms with Gasteiger partial charge in [0.1, 0.15) is 22.7 Å². The molecule has 1 aromatic carbocycles. The minimum absolute atomic E-state index is 0.0222. The van der Waals surface area contributed by atoms with Gasteiger partial charge in [-0.1, -0.05) is 6.07 Å². The maximum absolute atomic E-state index is 12.8. The monoisotopic (exact) mass is 552 g/mol. The van der Waals surface area contributed by atoms with Crippen molar-refractivity contribution >= 4 is 42.8 Å². The minimum Gasteiger partial charge on any atom is -0.482 e. The summed E-state index contributed by atoms with van der Waals surface area (Å²) in [5.41, 5.74) is -5.10. The highest BCUT2D eigenvalue weighted by molar-refractivity contribution is 7.95. The molecule has 3 rings (SSSR count). The molecule has 2 heterocycles. The number of likely N-dealkylation sites (tertiary alicyclic amines) is 1. The molecule has 1 aromatic rings. The van der Waals surface area contributed by atoms with Gasteiger partial charge in [-0.2, -0.15) is 25.8 Å². The van der Waals surface area contributed by atoms with Crippen molar-refractivity contribution in [2.45, 2.75) is 50.3 Å². The summed E-state index contributed by atoms with van der Waals surface area (Å²) >= 11 is 2.95. The summed E-state index contributed by atoms with van der Waals surface area (Å²) in [7, 11) is 5.15. The van der Waals surface area contributed by atoms with Crippen LogP contribution in [0.15, 0.2) is 24.3 Å². The number of rotatable bonds is 4. The van der Waals surface area contributed by atoms with Crippen LogP contribution in [0.4, 0.5) is 13.2 Å². The molecule has 12 heteroatoms. The molecule has 1 spiro atoms. The Morgan fingerprint density at radius 1 is 1.19 bits per heavy atom. The number of nitrogens with zero attached hydrogens (tertiary/aromatic N) is 2. The van der Waals surface area contributed by atoms with Gasteiger partial charge in [0.05, 0.1) is 11.1 Å². The van der Waals surface area contributed by atoms with Crippen LogP contribution in [-0.4, -0.2) is 79.4 Å². The van der Waals surface area contributed by atoms with Gasteiger partial charge in [0.15, 0.2) is 12.0 Å². The van der Waals surface area contributed by atoms with Crippen LogP contribution in [0.1, 0.15) is 49.5 Å². The topological polar surface area (TPSA) is 68.3 Å². The lowest BCUT2D eigenvalue weighted by Crippen LogP contribution is -2.47. The molecule has 0 aliphatic carbocycles. The molecule has 0 saturated carbocycles. The first-order valence-corrected chi connectivity index (χ1v) is 12.7. The number of benzene rings is 1. The van der Waals surface area contributed by atoms with E-state index in [2.05, 4.69) is 22.3 Å². The zero-order valence-electron chi connectivity index (χ0n) is 21.6. The van der Waals surface area contributed by atoms with Gasteiger partial charge in [0.2, 0.25) is 0 Å². The van der Waals surface area contributed by atoms with Crippen LogP contribution in [0, 0.1) is 0 Å². The SMILES string of the molecule is CC(C)(C)OC=O.CN1CCC2(C=C(OSC(F)(F)F)c3c(cccc3C(=O)N(C)C)O2)CC1.CS. The number of piperidine rings is 1. The summed E-state index contributed by atoms with van der Waals surface area (Å²) in [5, 5.41) is 0. The highest BCUT2D eigenvalue weighted by Crippen LogP contribution is 2.46. The van der Waals surface area contributed by atoms with Gasteiger partial charge in [-0.3, -0.25) is 9.59 Å². The van der Waals surface area contributed by atoms with Gasteiger partial charge in [0, 0.05) is 46.1 Å². The van der Waals surface area contributed by atoms with Crippen molar-refractivity contribution in [2.24, 2.45) is 0 Å². The van der Waals surface area contributed by atoms with Gasteiger partial charge in [0.25, 0.3) is 12.4 Å². The summed E-state index contributed by atoms with van der Waals surface area (Å²) in [6, 6.07) is 4.89. The van der Waals surface area contributed by atoms with E-state index in [0.717, 1.165) is 13.1 Å². The number of alkyl halides is 3. The molecule has 1 amide bonds. The number of carbonyl (C=O) groups excluding carboxylic acids is 2. The lowest BCUT2D eigenvalue weighted by molar-refractivity contribution is -0.138. The van der Waals surface area contributed by atoms with Gasteiger partial charge >= 0.3 is 5.51 Å². The Morgan fingerprint density at radius 2 is 1.78 bits per heavy atom. The Kier molecular flexibility index (Phi) is 12.0. The van der Waals surface area contributed by atoms with Crippen molar-refractivity contribution in [3.05, 3.63) is 35.4 Å². The molecule has 204 valence electrons. The number of hydrogen-bond donors (Lipinski definition) is 1. The molecule has 0 bridgehead atoms. The first-order chi connectivity index (χ1) is 16.7. The third-order valence-electron chi connectivity index (χ3n) is 5.08. The molecule has 0 N–H and O–H groups in total. The molecule has 36 heavy (non-hydrogen) atoms. The molecular weight excluding hydrogens is 517 g/mol. The van der Waals surface area contributed by atoms with Crippen molar-refractivity contribution in [3.8, 4) is 5.75 Å². The second-order valence-corrected chi connectivity index (χ2v) is 10.1. The second-order valence-electron chi connectivity index (χ2n) is 9.30. The van der Waals surface area contributed by atoms with Gasteiger partial charge in [-0.25, -0.2) is 0 Å². The second kappa shape index (κ2) is 13.5. The Hall–Kier alpha value is -2.05. The van der Waals surface area contributed by atoms with Crippen LogP contribution < -0.4 is 4.74 Å². The van der Waals surface area contributed by atoms with Crippen LogP contribution in [0.3, 0.4) is 0 Å². The fourth-order valence-electron chi connectivity index (χ4n) is 3.39. The predicted molar refractivity (Wildman–Crippen MR) is 139 cm³/mol. The lowest BCUT2D eigenvalue weighted by Gasteiger charge is -2.42. The molecule has 7 nitrogen and oxygen atoms in total. The quantitative estimate of drug-likeness (QED) is 0.310. The summed E-state index contributed by atoms with van der Waals surface area (Å²) in [4.78, 5) is 25.6. The number of hydrogen-bond acceptors (Lipinski definition) is 8. The van der Waals surface area contributed by atoms with Gasteiger partial charge in [-0.05, 0) is 46.2 Å². The Morgan fingerprint density at radius 3 is 2.22 bits per heavy atom. The lowest BCUT2D eigenvalue weighted by atomic mass is 9.86. The average molecular weight is 553 g/mol. The van der Waals surface area contributed by atoms with Crippen LogP contribution >= 0.6 is 24.7 Å². The van der Waals surface area contributed by atoms with E-state index in [0.29, 0.717) is 25.1 Å². The summed E-state index contributed by atoms with van der Waals surface area (Å²) in [6.45, 7) is 7.42. The molecule has 0 atom stereocenters. The standard InChI is InChI=1S/C18H21F3N2O3S.C5H10O2.CH4S/c1-22(2)16(24)12-5-4-6-13-15(12)14(26-27-18(19,20)21)11-17(25-13)7-9-23(3)10-8-17;1-5(2,3)7-4-6;1-2/h4-6,11H,7-10H2,1-3H3;4H,1-3H3;2H,1H3. The number of halogens is 3. The van der Waals surface area contributed by atoms with Crippen molar-refractivity contribution in [1.29, 1.82) is 0 Å². The summed E-state index contributed by atoms with van der Waals surface area (Å²) < 4.78 is 54.1. The van der Waals surface area contributed by atoms with Crippen LogP contribution in [-0.2, 0) is 13.7 Å². The third kappa shape index (κ3) is 9.78. The van der Waals surface area contributed by atoms with Crippen molar-refractivity contribution in [3.63, 3.8) is 0 Å². The van der Waals surface area contributed by atoms with E-state index >= 15 is 0 Å². The normalized spacial score (nSPS) is 16.6. The maximum Gasteiger partial charge on any atom is 0.479 e. The van der Waals surface area contributed by atoms with E-state index in [4.69, 9.17) is 8.92 Å². The molecular formula is C24H35F3N2O5S2. The molecule has 0 unspecified atom stereocenters. The smallest absolute Gasteiger partial charge is 0.479 e. The highest BCUT2D eigenvalue weighted by Gasteiger charge is 2.42. The minimum atomic E-state index is -4.56. The first-order valence-electron chi connectivity index (χ1n) is 11.1. The number of amides is 1. The fourth-order valence-corrected chi connectivity index (χ4v) is 3.71. The zero-order valence-corrected chi connectivity index (χ0v) is 23.4. The Bertz CT molecular complexity index is 910. The van der Waals surface area contributed by atoms with Crippen LogP contribution in [0.5, 0.6) is 5.75 Å². The largest absolute Gasteiger partial charge is 0.482 e. The molecule has 1 fully saturated rings.